The van der Waals surface area contributed by atoms with Crippen molar-refractivity contribution in [2.24, 2.45) is 0 Å². The maximum Gasteiger partial charge on any atom is 0.213 e. The number of aryl methyl sites for hydroxylation is 2. The average molecular weight is 282 g/mol. The molecule has 0 aliphatic rings. The maximum atomic E-state index is 5.46. The van der Waals surface area contributed by atoms with Crippen LogP contribution in [-0.4, -0.2) is 9.97 Å². The zero-order chi connectivity index (χ0) is 11.5. The number of pyridine rings is 1. The quantitative estimate of drug-likeness (QED) is 0.940. The molecule has 0 amide bonds. The van der Waals surface area contributed by atoms with Crippen LogP contribution < -0.4 is 5.32 Å². The summed E-state index contributed by atoms with van der Waals surface area (Å²) in [6.45, 7) is 4.37. The molecule has 0 saturated carbocycles. The summed E-state index contributed by atoms with van der Waals surface area (Å²) in [4.78, 5) is 8.48. The van der Waals surface area contributed by atoms with Gasteiger partial charge in [0.15, 0.2) is 0 Å². The lowest BCUT2D eigenvalue weighted by molar-refractivity contribution is 0.478. The molecule has 0 unspecified atom stereocenters. The Bertz CT molecular complexity index is 476. The van der Waals surface area contributed by atoms with Crippen LogP contribution in [0.4, 0.5) is 5.82 Å². The third-order valence-corrected chi connectivity index (χ3v) is 2.88. The van der Waals surface area contributed by atoms with E-state index in [4.69, 9.17) is 4.42 Å². The lowest BCUT2D eigenvalue weighted by Gasteiger charge is -2.03. The lowest BCUT2D eigenvalue weighted by Crippen LogP contribution is -2.02. The highest BCUT2D eigenvalue weighted by molar-refractivity contribution is 9.10. The van der Waals surface area contributed by atoms with E-state index in [9.17, 15) is 0 Å². The third-order valence-electron chi connectivity index (χ3n) is 2.24. The molecule has 0 aliphatic heterocycles. The molecule has 2 aromatic heterocycles. The Morgan fingerprint density at radius 1 is 1.44 bits per heavy atom. The lowest BCUT2D eigenvalue weighted by atomic mass is 10.4. The van der Waals surface area contributed by atoms with E-state index in [0.717, 1.165) is 21.7 Å². The summed E-state index contributed by atoms with van der Waals surface area (Å²) >= 11 is 3.41. The van der Waals surface area contributed by atoms with Gasteiger partial charge in [0.1, 0.15) is 11.6 Å². The van der Waals surface area contributed by atoms with Crippen molar-refractivity contribution in [1.29, 1.82) is 0 Å². The van der Waals surface area contributed by atoms with Gasteiger partial charge in [-0.2, -0.15) is 0 Å². The number of aromatic nitrogens is 2. The summed E-state index contributed by atoms with van der Waals surface area (Å²) in [6, 6.07) is 3.80. The van der Waals surface area contributed by atoms with Crippen LogP contribution in [-0.2, 0) is 6.54 Å². The Kier molecular flexibility index (Phi) is 3.24. The van der Waals surface area contributed by atoms with Crippen LogP contribution in [0.5, 0.6) is 0 Å². The molecule has 0 aliphatic carbocycles. The fraction of sp³-hybridized carbons (Fsp3) is 0.273. The Morgan fingerprint density at radius 2 is 2.25 bits per heavy atom. The van der Waals surface area contributed by atoms with E-state index in [2.05, 4.69) is 31.2 Å². The van der Waals surface area contributed by atoms with Crippen molar-refractivity contribution in [3.05, 3.63) is 40.1 Å². The summed E-state index contributed by atoms with van der Waals surface area (Å²) < 4.78 is 6.39. The van der Waals surface area contributed by atoms with E-state index in [1.54, 1.807) is 6.20 Å². The minimum absolute atomic E-state index is 0.532. The molecule has 0 aromatic carbocycles. The first kappa shape index (κ1) is 11.1. The van der Waals surface area contributed by atoms with Gasteiger partial charge in [-0.25, -0.2) is 9.97 Å². The van der Waals surface area contributed by atoms with Crippen LogP contribution in [0.3, 0.4) is 0 Å². The Morgan fingerprint density at radius 3 is 2.88 bits per heavy atom. The van der Waals surface area contributed by atoms with E-state index >= 15 is 0 Å². The molecule has 4 nitrogen and oxygen atoms in total. The fourth-order valence-corrected chi connectivity index (χ4v) is 1.69. The molecular weight excluding hydrogens is 270 g/mol. The second-order valence-corrected chi connectivity index (χ2v) is 4.29. The second-order valence-electron chi connectivity index (χ2n) is 3.44. The van der Waals surface area contributed by atoms with Gasteiger partial charge in [-0.3, -0.25) is 0 Å². The molecule has 2 heterocycles. The summed E-state index contributed by atoms with van der Waals surface area (Å²) in [7, 11) is 0. The molecule has 2 rings (SSSR count). The molecule has 0 spiro atoms. The average Bonchev–Trinajstić information content (AvgIpc) is 2.57. The van der Waals surface area contributed by atoms with Gasteiger partial charge >= 0.3 is 0 Å². The normalized spacial score (nSPS) is 10.4. The number of rotatable bonds is 3. The smallest absolute Gasteiger partial charge is 0.213 e. The first-order chi connectivity index (χ1) is 7.66. The number of anilines is 1. The van der Waals surface area contributed by atoms with Gasteiger partial charge < -0.3 is 9.73 Å². The van der Waals surface area contributed by atoms with Gasteiger partial charge in [0.25, 0.3) is 0 Å². The second kappa shape index (κ2) is 4.65. The largest absolute Gasteiger partial charge is 0.444 e. The molecule has 0 bridgehead atoms. The zero-order valence-corrected chi connectivity index (χ0v) is 10.7. The highest BCUT2D eigenvalue weighted by Crippen LogP contribution is 2.19. The van der Waals surface area contributed by atoms with Crippen molar-refractivity contribution in [3.8, 4) is 0 Å². The van der Waals surface area contributed by atoms with E-state index in [0.29, 0.717) is 12.4 Å². The molecule has 0 atom stereocenters. The summed E-state index contributed by atoms with van der Waals surface area (Å²) in [5, 5.41) is 3.16. The van der Waals surface area contributed by atoms with Crippen molar-refractivity contribution < 1.29 is 4.42 Å². The standard InChI is InChI=1S/C11H12BrN3O/c1-7-8(2)16-10(15-7)6-14-11-9(12)4-3-5-13-11/h3-5H,6H2,1-2H3,(H,13,14). The van der Waals surface area contributed by atoms with Crippen LogP contribution >= 0.6 is 15.9 Å². The Labute approximate surface area is 102 Å². The predicted octanol–water partition coefficient (Wildman–Crippen LogP) is 3.06. The predicted molar refractivity (Wildman–Crippen MR) is 65.2 cm³/mol. The fourth-order valence-electron chi connectivity index (χ4n) is 1.29. The van der Waals surface area contributed by atoms with Gasteiger partial charge in [-0.15, -0.1) is 0 Å². The van der Waals surface area contributed by atoms with Crippen LogP contribution in [0.2, 0.25) is 0 Å². The molecule has 0 saturated heterocycles. The summed E-state index contributed by atoms with van der Waals surface area (Å²) in [5.74, 6) is 2.32. The van der Waals surface area contributed by atoms with E-state index < -0.39 is 0 Å². The van der Waals surface area contributed by atoms with Crippen molar-refractivity contribution in [3.63, 3.8) is 0 Å². The highest BCUT2D eigenvalue weighted by Gasteiger charge is 2.06. The summed E-state index contributed by atoms with van der Waals surface area (Å²) in [5.41, 5.74) is 0.928. The van der Waals surface area contributed by atoms with Gasteiger partial charge in [0.2, 0.25) is 5.89 Å². The highest BCUT2D eigenvalue weighted by atomic mass is 79.9. The SMILES string of the molecule is Cc1nc(CNc2ncccc2Br)oc1C. The zero-order valence-electron chi connectivity index (χ0n) is 9.12. The minimum Gasteiger partial charge on any atom is -0.444 e. The molecule has 84 valence electrons. The van der Waals surface area contributed by atoms with Crippen molar-refractivity contribution in [1.82, 2.24) is 9.97 Å². The van der Waals surface area contributed by atoms with Crippen molar-refractivity contribution in [2.75, 3.05) is 5.32 Å². The van der Waals surface area contributed by atoms with Gasteiger partial charge in [-0.05, 0) is 41.9 Å². The van der Waals surface area contributed by atoms with E-state index in [-0.39, 0.29) is 0 Å². The van der Waals surface area contributed by atoms with Crippen LogP contribution in [0, 0.1) is 13.8 Å². The van der Waals surface area contributed by atoms with E-state index in [1.807, 2.05) is 26.0 Å². The molecule has 1 N–H and O–H groups in total. The number of oxazole rings is 1. The molecule has 5 heteroatoms. The van der Waals surface area contributed by atoms with Crippen molar-refractivity contribution in [2.45, 2.75) is 20.4 Å². The summed E-state index contributed by atoms with van der Waals surface area (Å²) in [6.07, 6.45) is 1.74. The first-order valence-electron chi connectivity index (χ1n) is 4.94. The van der Waals surface area contributed by atoms with Gasteiger partial charge in [0.05, 0.1) is 16.7 Å². The van der Waals surface area contributed by atoms with Crippen LogP contribution in [0.15, 0.2) is 27.2 Å². The van der Waals surface area contributed by atoms with Gasteiger partial charge in [-0.1, -0.05) is 0 Å². The molecule has 2 aromatic rings. The Hall–Kier alpha value is -1.36. The van der Waals surface area contributed by atoms with E-state index in [1.165, 1.54) is 0 Å². The number of hydrogen-bond acceptors (Lipinski definition) is 4. The number of halogens is 1. The minimum atomic E-state index is 0.532. The monoisotopic (exact) mass is 281 g/mol. The Balaban J connectivity index is 2.05. The number of nitrogens with zero attached hydrogens (tertiary/aromatic N) is 2. The molecular formula is C11H12BrN3O. The van der Waals surface area contributed by atoms with Crippen LogP contribution in [0.1, 0.15) is 17.3 Å². The number of hydrogen-bond donors (Lipinski definition) is 1. The van der Waals surface area contributed by atoms with Crippen LogP contribution in [0.25, 0.3) is 0 Å². The molecule has 16 heavy (non-hydrogen) atoms. The maximum absolute atomic E-state index is 5.46. The van der Waals surface area contributed by atoms with Gasteiger partial charge in [0, 0.05) is 6.20 Å². The molecule has 0 radical (unpaired) electrons. The first-order valence-corrected chi connectivity index (χ1v) is 5.73. The third kappa shape index (κ3) is 2.41. The molecule has 0 fully saturated rings. The topological polar surface area (TPSA) is 51.0 Å². The number of nitrogens with one attached hydrogen (secondary N) is 1. The van der Waals surface area contributed by atoms with Crippen molar-refractivity contribution >= 4 is 21.7 Å².